The van der Waals surface area contributed by atoms with E-state index < -0.39 is 15.9 Å². The topological polar surface area (TPSA) is 81.7 Å². The van der Waals surface area contributed by atoms with Crippen molar-refractivity contribution in [2.24, 2.45) is 0 Å². The molecule has 0 spiro atoms. The summed E-state index contributed by atoms with van der Waals surface area (Å²) in [6.45, 7) is 0.748. The SMILES string of the molecule is O=C(C=Cc1ccc(Cl)cc1)NS(=O)(=O)c1ccc2c(c1)OCCO2. The summed E-state index contributed by atoms with van der Waals surface area (Å²) >= 11 is 5.78. The van der Waals surface area contributed by atoms with Crippen LogP contribution in [0.3, 0.4) is 0 Å². The summed E-state index contributed by atoms with van der Waals surface area (Å²) < 4.78 is 37.3. The highest BCUT2D eigenvalue weighted by Gasteiger charge is 2.20. The van der Waals surface area contributed by atoms with Gasteiger partial charge in [-0.05, 0) is 35.9 Å². The molecule has 25 heavy (non-hydrogen) atoms. The maximum atomic E-state index is 12.3. The minimum absolute atomic E-state index is 0.0787. The Hall–Kier alpha value is -2.51. The fourth-order valence-corrected chi connectivity index (χ4v) is 3.25. The van der Waals surface area contributed by atoms with Gasteiger partial charge in [0, 0.05) is 17.2 Å². The zero-order valence-electron chi connectivity index (χ0n) is 12.9. The standard InChI is InChI=1S/C17H14ClNO5S/c18-13-4-1-12(2-5-13)3-8-17(20)19-25(21,22)14-6-7-15-16(11-14)24-10-9-23-15/h1-8,11H,9-10H2,(H,19,20). The molecule has 1 aliphatic rings. The average Bonchev–Trinajstić information content (AvgIpc) is 2.60. The van der Waals surface area contributed by atoms with E-state index in [-0.39, 0.29) is 4.90 Å². The third-order valence-corrected chi connectivity index (χ3v) is 4.95. The summed E-state index contributed by atoms with van der Waals surface area (Å²) in [6, 6.07) is 10.9. The molecule has 1 heterocycles. The van der Waals surface area contributed by atoms with Crippen molar-refractivity contribution in [1.29, 1.82) is 0 Å². The van der Waals surface area contributed by atoms with Crippen molar-refractivity contribution in [3.05, 3.63) is 59.1 Å². The molecule has 2 aromatic rings. The molecule has 0 atom stereocenters. The van der Waals surface area contributed by atoms with Crippen LogP contribution in [0.15, 0.2) is 53.4 Å². The van der Waals surface area contributed by atoms with E-state index >= 15 is 0 Å². The van der Waals surface area contributed by atoms with Gasteiger partial charge in [0.1, 0.15) is 13.2 Å². The maximum absolute atomic E-state index is 12.3. The third kappa shape index (κ3) is 4.32. The van der Waals surface area contributed by atoms with Crippen LogP contribution in [-0.4, -0.2) is 27.5 Å². The zero-order chi connectivity index (χ0) is 17.9. The lowest BCUT2D eigenvalue weighted by molar-refractivity contribution is -0.114. The van der Waals surface area contributed by atoms with E-state index in [2.05, 4.69) is 0 Å². The van der Waals surface area contributed by atoms with Crippen LogP contribution in [0.1, 0.15) is 5.56 Å². The molecule has 0 saturated heterocycles. The summed E-state index contributed by atoms with van der Waals surface area (Å²) in [5.41, 5.74) is 0.719. The number of carbonyl (C=O) groups excluding carboxylic acids is 1. The average molecular weight is 380 g/mol. The molecular formula is C17H14ClNO5S. The predicted molar refractivity (Wildman–Crippen MR) is 93.2 cm³/mol. The van der Waals surface area contributed by atoms with Crippen molar-refractivity contribution in [2.75, 3.05) is 13.2 Å². The highest BCUT2D eigenvalue weighted by atomic mass is 35.5. The van der Waals surface area contributed by atoms with Crippen molar-refractivity contribution in [2.45, 2.75) is 4.90 Å². The molecule has 0 aromatic heterocycles. The Bertz CT molecular complexity index is 923. The van der Waals surface area contributed by atoms with Crippen LogP contribution in [0, 0.1) is 0 Å². The van der Waals surface area contributed by atoms with Gasteiger partial charge in [0.15, 0.2) is 11.5 Å². The van der Waals surface area contributed by atoms with Crippen molar-refractivity contribution < 1.29 is 22.7 Å². The molecule has 0 saturated carbocycles. The van der Waals surface area contributed by atoms with Gasteiger partial charge in [-0.25, -0.2) is 13.1 Å². The van der Waals surface area contributed by atoms with E-state index in [4.69, 9.17) is 21.1 Å². The zero-order valence-corrected chi connectivity index (χ0v) is 14.5. The van der Waals surface area contributed by atoms with Gasteiger partial charge in [-0.1, -0.05) is 23.7 Å². The Morgan fingerprint density at radius 3 is 2.44 bits per heavy atom. The number of hydrogen-bond acceptors (Lipinski definition) is 5. The number of fused-ring (bicyclic) bond motifs is 1. The van der Waals surface area contributed by atoms with E-state index in [9.17, 15) is 13.2 Å². The predicted octanol–water partition coefficient (Wildman–Crippen LogP) is 2.63. The Morgan fingerprint density at radius 1 is 1.04 bits per heavy atom. The monoisotopic (exact) mass is 379 g/mol. The van der Waals surface area contributed by atoms with Gasteiger partial charge < -0.3 is 9.47 Å². The summed E-state index contributed by atoms with van der Waals surface area (Å²) in [4.78, 5) is 11.8. The van der Waals surface area contributed by atoms with E-state index in [1.54, 1.807) is 24.3 Å². The fraction of sp³-hybridized carbons (Fsp3) is 0.118. The number of nitrogens with one attached hydrogen (secondary N) is 1. The molecule has 0 unspecified atom stereocenters. The number of hydrogen-bond donors (Lipinski definition) is 1. The first-order valence-electron chi connectivity index (χ1n) is 7.34. The quantitative estimate of drug-likeness (QED) is 0.826. The van der Waals surface area contributed by atoms with E-state index in [0.717, 1.165) is 11.6 Å². The van der Waals surface area contributed by atoms with Crippen LogP contribution in [0.4, 0.5) is 0 Å². The van der Waals surface area contributed by atoms with E-state index in [1.807, 2.05) is 4.72 Å². The first kappa shape index (κ1) is 17.3. The minimum atomic E-state index is -4.01. The normalized spacial score (nSPS) is 13.6. The summed E-state index contributed by atoms with van der Waals surface area (Å²) in [7, 11) is -4.01. The summed E-state index contributed by atoms with van der Waals surface area (Å²) in [5.74, 6) is 0.0438. The molecule has 0 aliphatic carbocycles. The Balaban J connectivity index is 1.72. The molecule has 130 valence electrons. The van der Waals surface area contributed by atoms with Gasteiger partial charge in [-0.2, -0.15) is 0 Å². The Morgan fingerprint density at radius 2 is 1.72 bits per heavy atom. The number of carbonyl (C=O) groups is 1. The summed E-state index contributed by atoms with van der Waals surface area (Å²) in [6.07, 6.45) is 2.63. The fourth-order valence-electron chi connectivity index (χ4n) is 2.16. The molecule has 0 bridgehead atoms. The maximum Gasteiger partial charge on any atom is 0.264 e. The van der Waals surface area contributed by atoms with Gasteiger partial charge in [0.25, 0.3) is 15.9 Å². The highest BCUT2D eigenvalue weighted by molar-refractivity contribution is 7.90. The number of rotatable bonds is 4. The smallest absolute Gasteiger partial charge is 0.264 e. The van der Waals surface area contributed by atoms with Crippen LogP contribution < -0.4 is 14.2 Å². The molecule has 8 heteroatoms. The first-order chi connectivity index (χ1) is 11.9. The largest absolute Gasteiger partial charge is 0.486 e. The summed E-state index contributed by atoms with van der Waals surface area (Å²) in [5, 5.41) is 0.572. The lowest BCUT2D eigenvalue weighted by atomic mass is 10.2. The van der Waals surface area contributed by atoms with Crippen molar-refractivity contribution in [1.82, 2.24) is 4.72 Å². The van der Waals surface area contributed by atoms with Gasteiger partial charge in [-0.3, -0.25) is 4.79 Å². The number of ether oxygens (including phenoxy) is 2. The molecular weight excluding hydrogens is 366 g/mol. The second-order valence-electron chi connectivity index (χ2n) is 5.16. The van der Waals surface area contributed by atoms with E-state index in [1.165, 1.54) is 24.3 Å². The van der Waals surface area contributed by atoms with Crippen LogP contribution in [0.25, 0.3) is 6.08 Å². The molecule has 1 N–H and O–H groups in total. The second-order valence-corrected chi connectivity index (χ2v) is 7.28. The third-order valence-electron chi connectivity index (χ3n) is 3.36. The van der Waals surface area contributed by atoms with Crippen LogP contribution in [0.2, 0.25) is 5.02 Å². The van der Waals surface area contributed by atoms with Crippen LogP contribution in [0.5, 0.6) is 11.5 Å². The van der Waals surface area contributed by atoms with E-state index in [0.29, 0.717) is 29.7 Å². The number of amides is 1. The first-order valence-corrected chi connectivity index (χ1v) is 9.20. The molecule has 2 aromatic carbocycles. The Kier molecular flexibility index (Phi) is 4.96. The number of benzene rings is 2. The minimum Gasteiger partial charge on any atom is -0.486 e. The van der Waals surface area contributed by atoms with Crippen molar-refractivity contribution >= 4 is 33.6 Å². The molecule has 1 amide bonds. The molecule has 1 aliphatic heterocycles. The van der Waals surface area contributed by atoms with Crippen LogP contribution in [-0.2, 0) is 14.8 Å². The molecule has 6 nitrogen and oxygen atoms in total. The number of halogens is 1. The van der Waals surface area contributed by atoms with Gasteiger partial charge in [0.2, 0.25) is 0 Å². The Labute approximate surface area is 150 Å². The van der Waals surface area contributed by atoms with Crippen molar-refractivity contribution in [3.8, 4) is 11.5 Å². The number of sulfonamides is 1. The highest BCUT2D eigenvalue weighted by Crippen LogP contribution is 2.32. The molecule has 0 fully saturated rings. The molecule has 3 rings (SSSR count). The molecule has 0 radical (unpaired) electrons. The van der Waals surface area contributed by atoms with Crippen molar-refractivity contribution in [3.63, 3.8) is 0 Å². The second kappa shape index (κ2) is 7.16. The van der Waals surface area contributed by atoms with Gasteiger partial charge in [0.05, 0.1) is 4.90 Å². The van der Waals surface area contributed by atoms with Gasteiger partial charge in [-0.15, -0.1) is 0 Å². The van der Waals surface area contributed by atoms with Gasteiger partial charge >= 0.3 is 0 Å². The lowest BCUT2D eigenvalue weighted by Gasteiger charge is -2.18. The van der Waals surface area contributed by atoms with Crippen LogP contribution >= 0.6 is 11.6 Å². The lowest BCUT2D eigenvalue weighted by Crippen LogP contribution is -2.29.